The lowest BCUT2D eigenvalue weighted by Gasteiger charge is -2.33. The van der Waals surface area contributed by atoms with Gasteiger partial charge in [0.25, 0.3) is 0 Å². The largest absolute Gasteiger partial charge is 0.321 e. The molecule has 0 heterocycles. The summed E-state index contributed by atoms with van der Waals surface area (Å²) in [6, 6.07) is 23.2. The third-order valence-electron chi connectivity index (χ3n) is 5.76. The number of benzene rings is 3. The van der Waals surface area contributed by atoms with E-state index in [1.165, 1.54) is 22.3 Å². The van der Waals surface area contributed by atoms with Crippen molar-refractivity contribution in [2.75, 3.05) is 4.90 Å². The molecule has 0 unspecified atom stereocenters. The number of hydrogen-bond acceptors (Lipinski definition) is 2. The summed E-state index contributed by atoms with van der Waals surface area (Å²) in [5.74, 6) is 7.23. The Morgan fingerprint density at radius 3 is 1.90 bits per heavy atom. The molecule has 0 amide bonds. The Morgan fingerprint density at radius 2 is 1.35 bits per heavy atom. The van der Waals surface area contributed by atoms with Crippen LogP contribution in [0, 0.1) is 20.8 Å². The SMILES string of the molecule is C/C=C(\c1ccccc1C(C)C)N(/C(=N\N)c1ccccc1C)c1c(C)cccc1C. The van der Waals surface area contributed by atoms with Crippen molar-refractivity contribution in [2.45, 2.75) is 47.5 Å². The van der Waals surface area contributed by atoms with E-state index in [2.05, 4.69) is 112 Å². The van der Waals surface area contributed by atoms with Crippen molar-refractivity contribution in [3.63, 3.8) is 0 Å². The van der Waals surface area contributed by atoms with Gasteiger partial charge < -0.3 is 5.84 Å². The molecule has 0 aromatic heterocycles. The Balaban J connectivity index is 2.36. The predicted octanol–water partition coefficient (Wildman–Crippen LogP) is 6.92. The van der Waals surface area contributed by atoms with Crippen LogP contribution >= 0.6 is 0 Å². The van der Waals surface area contributed by atoms with Crippen LogP contribution in [-0.2, 0) is 0 Å². The molecule has 0 spiro atoms. The molecule has 0 aliphatic rings. The lowest BCUT2D eigenvalue weighted by atomic mass is 9.93. The highest BCUT2D eigenvalue weighted by atomic mass is 15.3. The van der Waals surface area contributed by atoms with Gasteiger partial charge in [-0.2, -0.15) is 5.10 Å². The number of nitrogens with zero attached hydrogens (tertiary/aromatic N) is 2. The van der Waals surface area contributed by atoms with Gasteiger partial charge in [0.2, 0.25) is 0 Å². The molecule has 3 nitrogen and oxygen atoms in total. The molecule has 2 N–H and O–H groups in total. The van der Waals surface area contributed by atoms with E-state index in [1.54, 1.807) is 0 Å². The minimum atomic E-state index is 0.391. The average molecular weight is 412 g/mol. The molecule has 3 aromatic carbocycles. The second-order valence-corrected chi connectivity index (χ2v) is 8.26. The first-order valence-electron chi connectivity index (χ1n) is 10.9. The Bertz CT molecular complexity index is 1100. The van der Waals surface area contributed by atoms with Gasteiger partial charge in [0, 0.05) is 11.1 Å². The quantitative estimate of drug-likeness (QED) is 0.214. The maximum Gasteiger partial charge on any atom is 0.164 e. The van der Waals surface area contributed by atoms with Crippen molar-refractivity contribution >= 4 is 17.2 Å². The second kappa shape index (κ2) is 9.65. The normalized spacial score (nSPS) is 12.4. The van der Waals surface area contributed by atoms with Crippen LogP contribution in [-0.4, -0.2) is 5.84 Å². The summed E-state index contributed by atoms with van der Waals surface area (Å²) >= 11 is 0. The fourth-order valence-corrected chi connectivity index (χ4v) is 4.21. The van der Waals surface area contributed by atoms with E-state index in [4.69, 9.17) is 5.84 Å². The van der Waals surface area contributed by atoms with Gasteiger partial charge in [-0.15, -0.1) is 0 Å². The molecule has 31 heavy (non-hydrogen) atoms. The van der Waals surface area contributed by atoms with Gasteiger partial charge in [0.05, 0.1) is 11.4 Å². The first-order valence-corrected chi connectivity index (χ1v) is 10.9. The molecule has 3 aromatic rings. The molecule has 3 rings (SSSR count). The molecular formula is C28H33N3. The van der Waals surface area contributed by atoms with Crippen molar-refractivity contribution in [1.29, 1.82) is 0 Å². The van der Waals surface area contributed by atoms with Crippen molar-refractivity contribution in [3.8, 4) is 0 Å². The predicted molar refractivity (Wildman–Crippen MR) is 134 cm³/mol. The van der Waals surface area contributed by atoms with Crippen molar-refractivity contribution < 1.29 is 0 Å². The first-order chi connectivity index (χ1) is 14.9. The zero-order chi connectivity index (χ0) is 22.5. The Hall–Kier alpha value is -3.33. The highest BCUT2D eigenvalue weighted by Crippen LogP contribution is 2.36. The van der Waals surface area contributed by atoms with Crippen LogP contribution in [0.5, 0.6) is 0 Å². The Kier molecular flexibility index (Phi) is 6.96. The number of rotatable bonds is 5. The second-order valence-electron chi connectivity index (χ2n) is 8.26. The number of hydrogen-bond donors (Lipinski definition) is 1. The first kappa shape index (κ1) is 22.4. The van der Waals surface area contributed by atoms with Gasteiger partial charge >= 0.3 is 0 Å². The fraction of sp³-hybridized carbons (Fsp3) is 0.250. The smallest absolute Gasteiger partial charge is 0.164 e. The van der Waals surface area contributed by atoms with Crippen molar-refractivity contribution in [1.82, 2.24) is 0 Å². The molecule has 160 valence electrons. The van der Waals surface area contributed by atoms with Crippen molar-refractivity contribution in [3.05, 3.63) is 106 Å². The third-order valence-corrected chi connectivity index (χ3v) is 5.76. The highest BCUT2D eigenvalue weighted by molar-refractivity contribution is 6.18. The molecular weight excluding hydrogens is 378 g/mol. The number of nitrogens with two attached hydrogens (primary N) is 1. The minimum Gasteiger partial charge on any atom is -0.321 e. The monoisotopic (exact) mass is 411 g/mol. The summed E-state index contributed by atoms with van der Waals surface area (Å²) in [6.07, 6.45) is 2.16. The van der Waals surface area contributed by atoms with Crippen LogP contribution in [0.25, 0.3) is 5.70 Å². The van der Waals surface area contributed by atoms with E-state index in [9.17, 15) is 0 Å². The van der Waals surface area contributed by atoms with Gasteiger partial charge in [0.15, 0.2) is 5.84 Å². The molecule has 3 heteroatoms. The van der Waals surface area contributed by atoms with Crippen LogP contribution in [0.15, 0.2) is 77.9 Å². The Labute approximate surface area is 186 Å². The number of allylic oxidation sites excluding steroid dienone is 1. The van der Waals surface area contributed by atoms with Gasteiger partial charge in [0.1, 0.15) is 0 Å². The average Bonchev–Trinajstić information content (AvgIpc) is 2.75. The molecule has 0 bridgehead atoms. The van der Waals surface area contributed by atoms with Gasteiger partial charge in [-0.05, 0) is 55.9 Å². The summed E-state index contributed by atoms with van der Waals surface area (Å²) < 4.78 is 0. The lowest BCUT2D eigenvalue weighted by molar-refractivity contribution is 0.862. The van der Waals surface area contributed by atoms with E-state index in [1.807, 2.05) is 12.1 Å². The number of aryl methyl sites for hydroxylation is 3. The molecule has 0 fully saturated rings. The number of para-hydroxylation sites is 1. The minimum absolute atomic E-state index is 0.391. The van der Waals surface area contributed by atoms with E-state index in [0.717, 1.165) is 28.3 Å². The number of amidine groups is 1. The van der Waals surface area contributed by atoms with E-state index in [0.29, 0.717) is 5.92 Å². The number of hydrazone groups is 1. The summed E-state index contributed by atoms with van der Waals surface area (Å²) in [5, 5.41) is 4.35. The molecule has 0 atom stereocenters. The summed E-state index contributed by atoms with van der Waals surface area (Å²) in [4.78, 5) is 2.23. The van der Waals surface area contributed by atoms with Gasteiger partial charge in [-0.1, -0.05) is 86.7 Å². The standard InChI is InChI=1S/C28H33N3/c1-7-26(25-18-11-10-16-23(25)19(2)3)31(27-21(5)14-12-15-22(27)6)28(30-29)24-17-9-8-13-20(24)4/h7-19H,29H2,1-6H3/b26-7+,30-28-. The van der Waals surface area contributed by atoms with Crippen molar-refractivity contribution in [2.24, 2.45) is 10.9 Å². The van der Waals surface area contributed by atoms with E-state index >= 15 is 0 Å². The third kappa shape index (κ3) is 4.41. The highest BCUT2D eigenvalue weighted by Gasteiger charge is 2.26. The topological polar surface area (TPSA) is 41.6 Å². The molecule has 0 saturated carbocycles. The van der Waals surface area contributed by atoms with Crippen LogP contribution in [0.1, 0.15) is 60.1 Å². The maximum atomic E-state index is 6.10. The van der Waals surface area contributed by atoms with Gasteiger partial charge in [-0.3, -0.25) is 4.90 Å². The molecule has 0 aliphatic heterocycles. The van der Waals surface area contributed by atoms with Crippen LogP contribution < -0.4 is 10.7 Å². The Morgan fingerprint density at radius 1 is 0.806 bits per heavy atom. The van der Waals surface area contributed by atoms with E-state index < -0.39 is 0 Å². The maximum absolute atomic E-state index is 6.10. The zero-order valence-electron chi connectivity index (χ0n) is 19.5. The van der Waals surface area contributed by atoms with E-state index in [-0.39, 0.29) is 0 Å². The fourth-order valence-electron chi connectivity index (χ4n) is 4.21. The molecule has 0 aliphatic carbocycles. The van der Waals surface area contributed by atoms with Crippen LogP contribution in [0.3, 0.4) is 0 Å². The van der Waals surface area contributed by atoms with Gasteiger partial charge in [-0.25, -0.2) is 0 Å². The number of anilines is 1. The van der Waals surface area contributed by atoms with Crippen LogP contribution in [0.4, 0.5) is 5.69 Å². The zero-order valence-corrected chi connectivity index (χ0v) is 19.5. The summed E-state index contributed by atoms with van der Waals surface area (Å²) in [7, 11) is 0. The van der Waals surface area contributed by atoms with Crippen LogP contribution in [0.2, 0.25) is 0 Å². The molecule has 0 radical (unpaired) electrons. The summed E-state index contributed by atoms with van der Waals surface area (Å²) in [6.45, 7) is 12.9. The lowest BCUT2D eigenvalue weighted by Crippen LogP contribution is -2.33. The molecule has 0 saturated heterocycles. The summed E-state index contributed by atoms with van der Waals surface area (Å²) in [5.41, 5.74) is 9.19.